The average Bonchev–Trinajstić information content (AvgIpc) is 2.57. The maximum absolute atomic E-state index is 12.8. The molecule has 6 heteroatoms. The molecule has 1 aromatic rings. The van der Waals surface area contributed by atoms with E-state index in [1.54, 1.807) is 18.2 Å². The van der Waals surface area contributed by atoms with Crippen molar-refractivity contribution in [3.8, 4) is 11.5 Å². The van der Waals surface area contributed by atoms with E-state index in [1.807, 2.05) is 19.0 Å². The summed E-state index contributed by atoms with van der Waals surface area (Å²) in [7, 11) is 4.03. The third-order valence-electron chi connectivity index (χ3n) is 4.92. The number of rotatable bonds is 6. The predicted octanol–water partition coefficient (Wildman–Crippen LogP) is 3.50. The molecule has 0 bridgehead atoms. The molecule has 0 spiro atoms. The van der Waals surface area contributed by atoms with Gasteiger partial charge in [0.1, 0.15) is 0 Å². The van der Waals surface area contributed by atoms with Crippen LogP contribution in [0.25, 0.3) is 6.08 Å². The summed E-state index contributed by atoms with van der Waals surface area (Å²) < 4.78 is 0. The van der Waals surface area contributed by atoms with Crippen LogP contribution >= 0.6 is 12.4 Å². The molecule has 5 nitrogen and oxygen atoms in total. The quantitative estimate of drug-likeness (QED) is 0.583. The lowest BCUT2D eigenvalue weighted by Crippen LogP contribution is -2.44. The average molecular weight is 383 g/mol. The Labute approximate surface area is 162 Å². The van der Waals surface area contributed by atoms with Crippen LogP contribution in [0.4, 0.5) is 0 Å². The maximum Gasteiger partial charge on any atom is 0.246 e. The van der Waals surface area contributed by atoms with Crippen molar-refractivity contribution in [2.45, 2.75) is 38.6 Å². The third kappa shape index (κ3) is 6.54. The minimum atomic E-state index is -0.180. The monoisotopic (exact) mass is 382 g/mol. The van der Waals surface area contributed by atoms with E-state index >= 15 is 0 Å². The lowest BCUT2D eigenvalue weighted by atomic mass is 9.86. The fourth-order valence-corrected chi connectivity index (χ4v) is 3.24. The summed E-state index contributed by atoms with van der Waals surface area (Å²) in [6.45, 7) is 3.83. The van der Waals surface area contributed by atoms with Crippen molar-refractivity contribution in [2.75, 3.05) is 27.2 Å². The Bertz CT molecular complexity index is 611. The lowest BCUT2D eigenvalue weighted by Gasteiger charge is -2.36. The molecule has 0 radical (unpaired) electrons. The highest BCUT2D eigenvalue weighted by molar-refractivity contribution is 5.92. The Kier molecular flexibility index (Phi) is 8.96. The zero-order valence-electron chi connectivity index (χ0n) is 15.9. The second-order valence-electron chi connectivity index (χ2n) is 7.33. The number of hydrogen-bond donors (Lipinski definition) is 2. The van der Waals surface area contributed by atoms with Gasteiger partial charge in [0.25, 0.3) is 0 Å². The molecule has 0 unspecified atom stereocenters. The predicted molar refractivity (Wildman–Crippen MR) is 108 cm³/mol. The molecule has 0 aromatic heterocycles. The van der Waals surface area contributed by atoms with Crippen molar-refractivity contribution in [3.05, 3.63) is 29.8 Å². The van der Waals surface area contributed by atoms with Gasteiger partial charge in [-0.2, -0.15) is 0 Å². The van der Waals surface area contributed by atoms with Crippen molar-refractivity contribution in [3.63, 3.8) is 0 Å². The zero-order chi connectivity index (χ0) is 18.4. The summed E-state index contributed by atoms with van der Waals surface area (Å²) in [5.74, 6) is 0.416. The third-order valence-corrected chi connectivity index (χ3v) is 4.92. The summed E-state index contributed by atoms with van der Waals surface area (Å²) in [4.78, 5) is 16.8. The normalized spacial score (nSPS) is 20.2. The molecule has 1 amide bonds. The van der Waals surface area contributed by atoms with Crippen LogP contribution in [0.2, 0.25) is 0 Å². The Balaban J connectivity index is 0.00000338. The molecule has 1 aliphatic carbocycles. The number of likely N-dealkylation sites (N-methyl/N-ethyl adjacent to an activating group) is 1. The van der Waals surface area contributed by atoms with Crippen molar-refractivity contribution >= 4 is 24.4 Å². The summed E-state index contributed by atoms with van der Waals surface area (Å²) in [5, 5.41) is 18.9. The van der Waals surface area contributed by atoms with E-state index in [-0.39, 0.29) is 29.8 Å². The van der Waals surface area contributed by atoms with Crippen LogP contribution in [0.5, 0.6) is 11.5 Å². The number of benzene rings is 1. The van der Waals surface area contributed by atoms with Gasteiger partial charge >= 0.3 is 0 Å². The highest BCUT2D eigenvalue weighted by atomic mass is 35.5. The molecule has 0 aliphatic heterocycles. The van der Waals surface area contributed by atoms with Crippen LogP contribution in [0, 0.1) is 5.92 Å². The van der Waals surface area contributed by atoms with Crippen LogP contribution in [-0.2, 0) is 4.79 Å². The highest BCUT2D eigenvalue weighted by Crippen LogP contribution is 2.28. The van der Waals surface area contributed by atoms with E-state index in [9.17, 15) is 15.0 Å². The number of hydrogen-bond acceptors (Lipinski definition) is 4. The number of carbonyl (C=O) groups is 1. The molecule has 1 saturated carbocycles. The van der Waals surface area contributed by atoms with Gasteiger partial charge in [0.05, 0.1) is 0 Å². The van der Waals surface area contributed by atoms with Crippen molar-refractivity contribution in [1.29, 1.82) is 0 Å². The molecule has 1 fully saturated rings. The number of phenols is 2. The Morgan fingerprint density at radius 1 is 1.12 bits per heavy atom. The van der Waals surface area contributed by atoms with Gasteiger partial charge in [-0.25, -0.2) is 0 Å². The second kappa shape index (κ2) is 10.4. The molecule has 0 atom stereocenters. The SMILES string of the molecule is CN(C)CCN(C(=O)/C=C/c1ccc(O)c(O)c1)[C@H]1CC[C@H](C)CC1.Cl. The van der Waals surface area contributed by atoms with Gasteiger partial charge in [0.2, 0.25) is 5.91 Å². The minimum absolute atomic E-state index is 0. The largest absolute Gasteiger partial charge is 0.504 e. The first kappa shape index (κ1) is 22.3. The summed E-state index contributed by atoms with van der Waals surface area (Å²) >= 11 is 0. The first-order chi connectivity index (χ1) is 11.9. The molecule has 26 heavy (non-hydrogen) atoms. The number of aromatic hydroxyl groups is 2. The molecule has 1 aliphatic rings. The first-order valence-corrected chi connectivity index (χ1v) is 9.02. The number of halogens is 1. The van der Waals surface area contributed by atoms with Crippen LogP contribution in [0.15, 0.2) is 24.3 Å². The van der Waals surface area contributed by atoms with Crippen molar-refractivity contribution < 1.29 is 15.0 Å². The molecule has 146 valence electrons. The van der Waals surface area contributed by atoms with Crippen LogP contribution in [0.3, 0.4) is 0 Å². The molecule has 0 heterocycles. The summed E-state index contributed by atoms with van der Waals surface area (Å²) in [6, 6.07) is 4.85. The van der Waals surface area contributed by atoms with Gasteiger partial charge in [-0.1, -0.05) is 13.0 Å². The van der Waals surface area contributed by atoms with Gasteiger partial charge in [-0.05, 0) is 69.5 Å². The van der Waals surface area contributed by atoms with E-state index in [0.29, 0.717) is 11.6 Å². The molecule has 2 N–H and O–H groups in total. The second-order valence-corrected chi connectivity index (χ2v) is 7.33. The van der Waals surface area contributed by atoms with Gasteiger partial charge in [-0.15, -0.1) is 12.4 Å². The minimum Gasteiger partial charge on any atom is -0.504 e. The first-order valence-electron chi connectivity index (χ1n) is 9.02. The van der Waals surface area contributed by atoms with E-state index in [4.69, 9.17) is 0 Å². The molecular weight excluding hydrogens is 352 g/mol. The molecule has 2 rings (SSSR count). The van der Waals surface area contributed by atoms with Crippen molar-refractivity contribution in [2.24, 2.45) is 5.92 Å². The standard InChI is InChI=1S/C20H30N2O3.ClH/c1-15-4-8-17(9-5-15)22(13-12-21(2)3)20(25)11-7-16-6-10-18(23)19(24)14-16;/h6-7,10-11,14-15,17,23-24H,4-5,8-9,12-13H2,1-3H3;1H/b11-7+;/t15-,17-;. The molecule has 1 aromatic carbocycles. The van der Waals surface area contributed by atoms with Crippen LogP contribution in [-0.4, -0.2) is 59.1 Å². The summed E-state index contributed by atoms with van der Waals surface area (Å²) in [5.41, 5.74) is 0.688. The van der Waals surface area contributed by atoms with Crippen LogP contribution in [0.1, 0.15) is 38.2 Å². The highest BCUT2D eigenvalue weighted by Gasteiger charge is 2.26. The van der Waals surface area contributed by atoms with E-state index in [0.717, 1.165) is 31.8 Å². The Morgan fingerprint density at radius 2 is 1.77 bits per heavy atom. The Hall–Kier alpha value is -1.72. The van der Waals surface area contributed by atoms with Crippen LogP contribution < -0.4 is 0 Å². The number of amides is 1. The van der Waals surface area contributed by atoms with Gasteiger partial charge in [-0.3, -0.25) is 4.79 Å². The van der Waals surface area contributed by atoms with Crippen molar-refractivity contribution in [1.82, 2.24) is 9.80 Å². The molecule has 0 saturated heterocycles. The summed E-state index contributed by atoms with van der Waals surface area (Å²) in [6.07, 6.45) is 7.73. The fourth-order valence-electron chi connectivity index (χ4n) is 3.24. The molecular formula is C20H31ClN2O3. The number of phenolic OH excluding ortho intramolecular Hbond substituents is 2. The van der Waals surface area contributed by atoms with Gasteiger partial charge < -0.3 is 20.0 Å². The van der Waals surface area contributed by atoms with Gasteiger partial charge in [0, 0.05) is 25.2 Å². The Morgan fingerprint density at radius 3 is 2.35 bits per heavy atom. The van der Waals surface area contributed by atoms with E-state index in [1.165, 1.54) is 25.0 Å². The smallest absolute Gasteiger partial charge is 0.246 e. The zero-order valence-corrected chi connectivity index (χ0v) is 16.7. The van der Waals surface area contributed by atoms with E-state index < -0.39 is 0 Å². The topological polar surface area (TPSA) is 64.0 Å². The maximum atomic E-state index is 12.8. The van der Waals surface area contributed by atoms with E-state index in [2.05, 4.69) is 11.8 Å². The fraction of sp³-hybridized carbons (Fsp3) is 0.550. The number of nitrogens with zero attached hydrogens (tertiary/aromatic N) is 2. The number of carbonyl (C=O) groups excluding carboxylic acids is 1. The van der Waals surface area contributed by atoms with Gasteiger partial charge in [0.15, 0.2) is 11.5 Å². The lowest BCUT2D eigenvalue weighted by molar-refractivity contribution is -0.129.